The number of barbiturate groups is 1. The maximum absolute atomic E-state index is 13.0. The summed E-state index contributed by atoms with van der Waals surface area (Å²) in [5.74, 6) is -1.00. The summed E-state index contributed by atoms with van der Waals surface area (Å²) in [5, 5.41) is 4.77. The largest absolute Gasteiger partial charge is 0.487 e. The maximum Gasteiger partial charge on any atom is 0.335 e. The van der Waals surface area contributed by atoms with Gasteiger partial charge in [-0.05, 0) is 52.2 Å². The highest BCUT2D eigenvalue weighted by Crippen LogP contribution is 2.29. The summed E-state index contributed by atoms with van der Waals surface area (Å²) in [5.41, 5.74) is 1.74. The van der Waals surface area contributed by atoms with E-state index in [0.717, 1.165) is 21.2 Å². The van der Waals surface area contributed by atoms with Crippen molar-refractivity contribution in [2.24, 2.45) is 0 Å². The molecule has 0 atom stereocenters. The quantitative estimate of drug-likeness (QED) is 0.291. The number of para-hydroxylation sites is 1. The molecule has 0 aromatic heterocycles. The van der Waals surface area contributed by atoms with Crippen LogP contribution in [0.25, 0.3) is 16.8 Å². The molecule has 0 bridgehead atoms. The number of urea groups is 1. The molecule has 1 aliphatic heterocycles. The third-order valence-corrected chi connectivity index (χ3v) is 5.94. The number of hydrogen-bond donors (Lipinski definition) is 1. The van der Waals surface area contributed by atoms with E-state index in [4.69, 9.17) is 16.3 Å². The molecular formula is C28H19ClN2O4. The van der Waals surface area contributed by atoms with E-state index < -0.39 is 17.8 Å². The van der Waals surface area contributed by atoms with Crippen LogP contribution in [0.4, 0.5) is 10.5 Å². The summed E-state index contributed by atoms with van der Waals surface area (Å²) >= 11 is 6.45. The van der Waals surface area contributed by atoms with Gasteiger partial charge >= 0.3 is 6.03 Å². The molecule has 1 saturated heterocycles. The van der Waals surface area contributed by atoms with Gasteiger partial charge in [-0.25, -0.2) is 9.69 Å². The van der Waals surface area contributed by atoms with Gasteiger partial charge in [-0.3, -0.25) is 14.9 Å². The highest BCUT2D eigenvalue weighted by atomic mass is 35.5. The molecule has 1 fully saturated rings. The zero-order chi connectivity index (χ0) is 24.4. The maximum atomic E-state index is 13.0. The Hall–Kier alpha value is -4.42. The number of imide groups is 2. The van der Waals surface area contributed by atoms with Crippen LogP contribution in [-0.2, 0) is 16.2 Å². The van der Waals surface area contributed by atoms with Crippen molar-refractivity contribution in [2.45, 2.75) is 6.61 Å². The van der Waals surface area contributed by atoms with Crippen LogP contribution < -0.4 is 15.0 Å². The number of benzene rings is 4. The van der Waals surface area contributed by atoms with Gasteiger partial charge in [0, 0.05) is 0 Å². The van der Waals surface area contributed by atoms with Gasteiger partial charge in [0.15, 0.2) is 0 Å². The fraction of sp³-hybridized carbons (Fsp3) is 0.0357. The summed E-state index contributed by atoms with van der Waals surface area (Å²) in [6.45, 7) is 0.330. The van der Waals surface area contributed by atoms with Gasteiger partial charge in [-0.2, -0.15) is 0 Å². The molecule has 6 nitrogen and oxygen atoms in total. The van der Waals surface area contributed by atoms with Crippen LogP contribution in [0.3, 0.4) is 0 Å². The van der Waals surface area contributed by atoms with Crippen LogP contribution in [0, 0.1) is 0 Å². The third kappa shape index (κ3) is 4.52. The van der Waals surface area contributed by atoms with Crippen molar-refractivity contribution in [3.05, 3.63) is 113 Å². The van der Waals surface area contributed by atoms with Gasteiger partial charge in [0.1, 0.15) is 17.9 Å². The molecule has 1 N–H and O–H groups in total. The Kier molecular flexibility index (Phi) is 6.04. The second-order valence-electron chi connectivity index (χ2n) is 7.91. The zero-order valence-corrected chi connectivity index (χ0v) is 19.2. The first-order chi connectivity index (χ1) is 17.0. The Morgan fingerprint density at radius 1 is 0.857 bits per heavy atom. The van der Waals surface area contributed by atoms with E-state index in [9.17, 15) is 14.4 Å². The molecule has 35 heavy (non-hydrogen) atoms. The van der Waals surface area contributed by atoms with Crippen molar-refractivity contribution in [2.75, 3.05) is 4.90 Å². The van der Waals surface area contributed by atoms with Crippen molar-refractivity contribution in [3.8, 4) is 5.75 Å². The molecule has 4 aromatic carbocycles. The fourth-order valence-corrected chi connectivity index (χ4v) is 4.18. The first-order valence-electron chi connectivity index (χ1n) is 10.9. The number of fused-ring (bicyclic) bond motifs is 1. The average Bonchev–Trinajstić information content (AvgIpc) is 2.86. The lowest BCUT2D eigenvalue weighted by Gasteiger charge is -2.26. The van der Waals surface area contributed by atoms with Crippen molar-refractivity contribution in [3.63, 3.8) is 0 Å². The molecule has 172 valence electrons. The molecule has 4 aromatic rings. The lowest BCUT2D eigenvalue weighted by atomic mass is 10.1. The highest BCUT2D eigenvalue weighted by molar-refractivity contribution is 6.39. The first-order valence-corrected chi connectivity index (χ1v) is 11.2. The number of hydrogen-bond acceptors (Lipinski definition) is 4. The minimum atomic E-state index is -0.793. The Balaban J connectivity index is 1.37. The predicted octanol–water partition coefficient (Wildman–Crippen LogP) is 5.74. The predicted molar refractivity (Wildman–Crippen MR) is 135 cm³/mol. The number of nitrogens with one attached hydrogen (secondary N) is 1. The van der Waals surface area contributed by atoms with Crippen LogP contribution in [-0.4, -0.2) is 17.8 Å². The van der Waals surface area contributed by atoms with Crippen LogP contribution in [0.15, 0.2) is 96.6 Å². The van der Waals surface area contributed by atoms with Crippen LogP contribution in [0.1, 0.15) is 11.1 Å². The Morgan fingerprint density at radius 3 is 2.40 bits per heavy atom. The van der Waals surface area contributed by atoms with Crippen molar-refractivity contribution in [1.29, 1.82) is 0 Å². The minimum absolute atomic E-state index is 0.172. The number of carbonyl (C=O) groups is 3. The van der Waals surface area contributed by atoms with Gasteiger partial charge in [0.25, 0.3) is 11.8 Å². The smallest absolute Gasteiger partial charge is 0.335 e. The summed E-state index contributed by atoms with van der Waals surface area (Å²) in [6.07, 6.45) is 1.40. The van der Waals surface area contributed by atoms with Crippen molar-refractivity contribution in [1.82, 2.24) is 5.32 Å². The molecule has 0 spiro atoms. The van der Waals surface area contributed by atoms with Gasteiger partial charge in [0.05, 0.1) is 10.7 Å². The molecule has 1 aliphatic rings. The van der Waals surface area contributed by atoms with Gasteiger partial charge in [-0.15, -0.1) is 0 Å². The van der Waals surface area contributed by atoms with E-state index in [2.05, 4.69) is 5.32 Å². The van der Waals surface area contributed by atoms with E-state index in [1.807, 2.05) is 42.5 Å². The van der Waals surface area contributed by atoms with Gasteiger partial charge in [0.2, 0.25) is 0 Å². The second-order valence-corrected chi connectivity index (χ2v) is 8.32. The SMILES string of the molecule is O=C1NC(=O)N(c2ccccc2)C(=O)/C1=C/c1ccc(OCc2cccc3ccccc23)c(Cl)c1. The van der Waals surface area contributed by atoms with E-state index in [-0.39, 0.29) is 5.57 Å². The summed E-state index contributed by atoms with van der Waals surface area (Å²) in [7, 11) is 0. The molecule has 0 unspecified atom stereocenters. The highest BCUT2D eigenvalue weighted by Gasteiger charge is 2.36. The molecular weight excluding hydrogens is 464 g/mol. The number of halogens is 1. The number of anilines is 1. The van der Waals surface area contributed by atoms with E-state index in [1.165, 1.54) is 6.08 Å². The van der Waals surface area contributed by atoms with E-state index >= 15 is 0 Å². The monoisotopic (exact) mass is 482 g/mol. The number of ether oxygens (including phenoxy) is 1. The summed E-state index contributed by atoms with van der Waals surface area (Å²) < 4.78 is 5.96. The molecule has 0 aliphatic carbocycles. The second kappa shape index (κ2) is 9.44. The molecule has 4 amide bonds. The topological polar surface area (TPSA) is 75.7 Å². The number of rotatable bonds is 5. The molecule has 0 radical (unpaired) electrons. The van der Waals surface area contributed by atoms with Crippen molar-refractivity contribution < 1.29 is 19.1 Å². The molecule has 1 heterocycles. The van der Waals surface area contributed by atoms with Gasteiger partial charge in [-0.1, -0.05) is 78.3 Å². The number of carbonyl (C=O) groups excluding carboxylic acids is 3. The van der Waals surface area contributed by atoms with Crippen LogP contribution >= 0.6 is 11.6 Å². The van der Waals surface area contributed by atoms with Crippen LogP contribution in [0.5, 0.6) is 5.75 Å². The van der Waals surface area contributed by atoms with Gasteiger partial charge < -0.3 is 4.74 Å². The Bertz CT molecular complexity index is 1490. The fourth-order valence-electron chi connectivity index (χ4n) is 3.93. The zero-order valence-electron chi connectivity index (χ0n) is 18.4. The van der Waals surface area contributed by atoms with Crippen molar-refractivity contribution >= 4 is 52.0 Å². The molecule has 0 saturated carbocycles. The summed E-state index contributed by atoms with van der Waals surface area (Å²) in [4.78, 5) is 38.6. The molecule has 5 rings (SSSR count). The number of nitrogens with zero attached hydrogens (tertiary/aromatic N) is 1. The van der Waals surface area contributed by atoms with E-state index in [0.29, 0.717) is 28.6 Å². The number of amides is 4. The first kappa shape index (κ1) is 22.4. The Labute approximate surface area is 206 Å². The standard InChI is InChI=1S/C28H19ClN2O4/c29-24-16-18(13-14-25(24)35-17-20-9-6-8-19-7-4-5-12-22(19)20)15-23-26(32)30-28(34)31(27(23)33)21-10-2-1-3-11-21/h1-16H,17H2,(H,30,32,34)/b23-15+. The molecule has 7 heteroatoms. The Morgan fingerprint density at radius 2 is 1.60 bits per heavy atom. The van der Waals surface area contributed by atoms with Crippen LogP contribution in [0.2, 0.25) is 5.02 Å². The minimum Gasteiger partial charge on any atom is -0.487 e. The summed E-state index contributed by atoms with van der Waals surface area (Å²) in [6, 6.07) is 26.7. The lowest BCUT2D eigenvalue weighted by Crippen LogP contribution is -2.54. The van der Waals surface area contributed by atoms with E-state index in [1.54, 1.807) is 48.5 Å². The third-order valence-electron chi connectivity index (χ3n) is 5.65. The normalized spacial score (nSPS) is 14.9. The lowest BCUT2D eigenvalue weighted by molar-refractivity contribution is -0.122. The average molecular weight is 483 g/mol.